The number of carbonyl (C=O) groups excluding carboxylic acids is 1. The number of nitro groups is 1. The van der Waals surface area contributed by atoms with Gasteiger partial charge in [0.05, 0.1) is 22.2 Å². The summed E-state index contributed by atoms with van der Waals surface area (Å²) >= 11 is 0. The Morgan fingerprint density at radius 2 is 2.14 bits per heavy atom. The molecule has 1 saturated heterocycles. The molecule has 0 aromatic heterocycles. The van der Waals surface area contributed by atoms with E-state index in [2.05, 4.69) is 4.90 Å². The third-order valence-corrected chi connectivity index (χ3v) is 3.49. The van der Waals surface area contributed by atoms with E-state index in [9.17, 15) is 14.9 Å². The summed E-state index contributed by atoms with van der Waals surface area (Å²) < 4.78 is 5.84. The molecule has 0 spiro atoms. The number of ether oxygens (including phenoxy) is 1. The number of carbonyl (C=O) groups is 1. The quantitative estimate of drug-likeness (QED) is 0.486. The molecule has 114 valence electrons. The fourth-order valence-electron chi connectivity index (χ4n) is 2.82. The summed E-state index contributed by atoms with van der Waals surface area (Å²) in [5.74, 6) is -0.302. The van der Waals surface area contributed by atoms with Crippen molar-refractivity contribution in [3.63, 3.8) is 0 Å². The van der Waals surface area contributed by atoms with Gasteiger partial charge in [-0.05, 0) is 39.8 Å². The molecule has 0 radical (unpaired) electrons. The first-order valence-electron chi connectivity index (χ1n) is 6.92. The second-order valence-electron chi connectivity index (χ2n) is 6.08. The molecule has 1 aliphatic rings. The Hall–Kier alpha value is -1.95. The number of anilines is 1. The highest BCUT2D eigenvalue weighted by atomic mass is 16.6. The zero-order valence-electron chi connectivity index (χ0n) is 12.8. The average molecular weight is 292 g/mol. The van der Waals surface area contributed by atoms with Crippen molar-refractivity contribution in [2.75, 3.05) is 18.0 Å². The van der Waals surface area contributed by atoms with Gasteiger partial charge in [-0.25, -0.2) is 0 Å². The molecule has 2 rings (SSSR count). The molecule has 21 heavy (non-hydrogen) atoms. The van der Waals surface area contributed by atoms with Crippen molar-refractivity contribution < 1.29 is 14.5 Å². The highest BCUT2D eigenvalue weighted by molar-refractivity contribution is 5.98. The summed E-state index contributed by atoms with van der Waals surface area (Å²) in [4.78, 5) is 24.2. The lowest BCUT2D eigenvalue weighted by Gasteiger charge is -2.42. The number of hydrogen-bond donors (Lipinski definition) is 0. The molecular formula is C15H20N2O4. The van der Waals surface area contributed by atoms with Gasteiger partial charge < -0.3 is 9.64 Å². The number of morpholine rings is 1. The molecule has 1 atom stereocenters. The number of nitro benzene ring substituents is 1. The van der Waals surface area contributed by atoms with E-state index >= 15 is 0 Å². The molecule has 1 aromatic rings. The smallest absolute Gasteiger partial charge is 0.282 e. The van der Waals surface area contributed by atoms with Crippen molar-refractivity contribution in [1.29, 1.82) is 0 Å². The molecule has 1 aliphatic heterocycles. The summed E-state index contributed by atoms with van der Waals surface area (Å²) in [6.45, 7) is 8.62. The van der Waals surface area contributed by atoms with Crippen molar-refractivity contribution >= 4 is 17.2 Å². The summed E-state index contributed by atoms with van der Waals surface area (Å²) in [7, 11) is 0. The van der Waals surface area contributed by atoms with Crippen LogP contribution in [0.3, 0.4) is 0 Å². The first-order chi connectivity index (χ1) is 9.69. The van der Waals surface area contributed by atoms with Crippen LogP contribution in [0.4, 0.5) is 11.4 Å². The van der Waals surface area contributed by atoms with E-state index < -0.39 is 4.92 Å². The van der Waals surface area contributed by atoms with Gasteiger partial charge in [-0.2, -0.15) is 0 Å². The number of hydrogen-bond acceptors (Lipinski definition) is 5. The fraction of sp³-hybridized carbons (Fsp3) is 0.533. The van der Waals surface area contributed by atoms with Gasteiger partial charge in [-0.15, -0.1) is 0 Å². The molecular weight excluding hydrogens is 272 g/mol. The van der Waals surface area contributed by atoms with E-state index in [0.29, 0.717) is 13.1 Å². The minimum atomic E-state index is -0.505. The van der Waals surface area contributed by atoms with Crippen molar-refractivity contribution in [3.05, 3.63) is 33.9 Å². The van der Waals surface area contributed by atoms with Gasteiger partial charge in [0.25, 0.3) is 5.69 Å². The normalized spacial score (nSPS) is 21.1. The lowest BCUT2D eigenvalue weighted by Crippen LogP contribution is -2.52. The molecule has 0 aliphatic carbocycles. The Labute approximate surface area is 123 Å². The molecule has 1 heterocycles. The molecule has 0 N–H and O–H groups in total. The summed E-state index contributed by atoms with van der Waals surface area (Å²) in [6, 6.07) is 4.77. The lowest BCUT2D eigenvalue weighted by atomic mass is 10.0. The number of rotatable bonds is 3. The average Bonchev–Trinajstić information content (AvgIpc) is 2.35. The lowest BCUT2D eigenvalue weighted by molar-refractivity contribution is -0.385. The Morgan fingerprint density at radius 1 is 1.48 bits per heavy atom. The number of Topliss-reactive ketones (excluding diaryl/α,β-unsaturated/α-hetero) is 1. The Kier molecular flexibility index (Phi) is 4.00. The minimum absolute atomic E-state index is 0.0419. The molecule has 0 saturated carbocycles. The standard InChI is InChI=1S/C15H20N2O4/c1-10-8-16(9-15(3,4)21-10)12-5-6-13(11(2)18)14(7-12)17(19)20/h5-7,10H,8-9H2,1-4H3. The van der Waals surface area contributed by atoms with Crippen molar-refractivity contribution in [2.24, 2.45) is 0 Å². The van der Waals surface area contributed by atoms with Gasteiger partial charge in [0.15, 0.2) is 5.78 Å². The van der Waals surface area contributed by atoms with E-state index in [4.69, 9.17) is 4.74 Å². The number of benzene rings is 1. The van der Waals surface area contributed by atoms with Crippen LogP contribution in [0.1, 0.15) is 38.1 Å². The second-order valence-corrected chi connectivity index (χ2v) is 6.08. The number of ketones is 1. The van der Waals surface area contributed by atoms with Crippen LogP contribution >= 0.6 is 0 Å². The van der Waals surface area contributed by atoms with Crippen LogP contribution in [0, 0.1) is 10.1 Å². The highest BCUT2D eigenvalue weighted by Crippen LogP contribution is 2.30. The largest absolute Gasteiger partial charge is 0.369 e. The zero-order valence-corrected chi connectivity index (χ0v) is 12.8. The van der Waals surface area contributed by atoms with Gasteiger partial charge in [0.1, 0.15) is 0 Å². The molecule has 1 fully saturated rings. The first-order valence-corrected chi connectivity index (χ1v) is 6.92. The van der Waals surface area contributed by atoms with Gasteiger partial charge in [0, 0.05) is 24.8 Å². The van der Waals surface area contributed by atoms with Crippen molar-refractivity contribution in [2.45, 2.75) is 39.4 Å². The van der Waals surface area contributed by atoms with E-state index in [1.54, 1.807) is 6.07 Å². The topological polar surface area (TPSA) is 72.7 Å². The molecule has 6 nitrogen and oxygen atoms in total. The summed E-state index contributed by atoms with van der Waals surface area (Å²) in [6.07, 6.45) is 0.0419. The monoisotopic (exact) mass is 292 g/mol. The van der Waals surface area contributed by atoms with E-state index in [0.717, 1.165) is 5.69 Å². The van der Waals surface area contributed by atoms with Gasteiger partial charge in [-0.3, -0.25) is 14.9 Å². The third-order valence-electron chi connectivity index (χ3n) is 3.49. The third kappa shape index (κ3) is 3.39. The van der Waals surface area contributed by atoms with Crippen LogP contribution in [0.5, 0.6) is 0 Å². The van der Waals surface area contributed by atoms with Crippen LogP contribution in [0.15, 0.2) is 18.2 Å². The van der Waals surface area contributed by atoms with Gasteiger partial charge in [0.2, 0.25) is 0 Å². The van der Waals surface area contributed by atoms with E-state index in [1.807, 2.05) is 20.8 Å². The van der Waals surface area contributed by atoms with Gasteiger partial charge in [-0.1, -0.05) is 0 Å². The highest BCUT2D eigenvalue weighted by Gasteiger charge is 2.32. The Balaban J connectivity index is 2.38. The maximum atomic E-state index is 11.5. The Bertz CT molecular complexity index is 583. The van der Waals surface area contributed by atoms with Crippen LogP contribution in [0.25, 0.3) is 0 Å². The van der Waals surface area contributed by atoms with E-state index in [1.165, 1.54) is 19.1 Å². The van der Waals surface area contributed by atoms with Crippen LogP contribution in [-0.4, -0.2) is 35.5 Å². The molecule has 0 bridgehead atoms. The Morgan fingerprint density at radius 3 is 2.67 bits per heavy atom. The fourth-order valence-corrected chi connectivity index (χ4v) is 2.82. The number of nitrogens with zero attached hydrogens (tertiary/aromatic N) is 2. The summed E-state index contributed by atoms with van der Waals surface area (Å²) in [5, 5.41) is 11.2. The SMILES string of the molecule is CC(=O)c1ccc(N2CC(C)OC(C)(C)C2)cc1[N+](=O)[O-]. The predicted octanol–water partition coefficient (Wildman–Crippen LogP) is 2.80. The first kappa shape index (κ1) is 15.4. The van der Waals surface area contributed by atoms with Crippen molar-refractivity contribution in [3.8, 4) is 0 Å². The zero-order chi connectivity index (χ0) is 15.8. The molecule has 0 amide bonds. The van der Waals surface area contributed by atoms with Crippen LogP contribution in [-0.2, 0) is 4.74 Å². The van der Waals surface area contributed by atoms with Crippen molar-refractivity contribution in [1.82, 2.24) is 0 Å². The van der Waals surface area contributed by atoms with Crippen LogP contribution < -0.4 is 4.90 Å². The minimum Gasteiger partial charge on any atom is -0.369 e. The van der Waals surface area contributed by atoms with Gasteiger partial charge >= 0.3 is 0 Å². The second kappa shape index (κ2) is 5.44. The van der Waals surface area contributed by atoms with E-state index in [-0.39, 0.29) is 28.7 Å². The predicted molar refractivity (Wildman–Crippen MR) is 79.9 cm³/mol. The van der Waals surface area contributed by atoms with Crippen LogP contribution in [0.2, 0.25) is 0 Å². The summed E-state index contributed by atoms with van der Waals surface area (Å²) in [5.41, 5.74) is 0.433. The molecule has 6 heteroatoms. The maximum Gasteiger partial charge on any atom is 0.282 e. The molecule has 1 aromatic carbocycles. The maximum absolute atomic E-state index is 11.5. The molecule has 1 unspecified atom stereocenters.